The Morgan fingerprint density at radius 3 is 2.09 bits per heavy atom. The highest BCUT2D eigenvalue weighted by Gasteiger charge is 2.48. The van der Waals surface area contributed by atoms with Gasteiger partial charge in [-0.3, -0.25) is 9.10 Å². The lowest BCUT2D eigenvalue weighted by Crippen LogP contribution is -2.51. The topological polar surface area (TPSA) is 140 Å². The van der Waals surface area contributed by atoms with Crippen LogP contribution in [0.4, 0.5) is 5.82 Å². The van der Waals surface area contributed by atoms with Crippen LogP contribution >= 0.6 is 0 Å². The molecule has 0 aliphatic carbocycles. The zero-order valence-corrected chi connectivity index (χ0v) is 21.7. The molecule has 0 spiro atoms. The average molecular weight is 495 g/mol. The summed E-state index contributed by atoms with van der Waals surface area (Å²) >= 11 is 0. The van der Waals surface area contributed by atoms with Crippen molar-refractivity contribution < 1.29 is 27.5 Å². The largest absolute Gasteiger partial charge is 0.540 e. The molecule has 12 heteroatoms. The Hall–Kier alpha value is -2.86. The Kier molecular flexibility index (Phi) is 7.64. The van der Waals surface area contributed by atoms with E-state index >= 15 is 0 Å². The second-order valence-corrected chi connectivity index (χ2v) is 15.9. The molecule has 0 aromatic carbocycles. The molecule has 0 aliphatic heterocycles. The molecule has 0 atom stereocenters. The van der Waals surface area contributed by atoms with Crippen LogP contribution in [0.15, 0.2) is 18.2 Å². The Morgan fingerprint density at radius 1 is 1.12 bits per heavy atom. The van der Waals surface area contributed by atoms with E-state index in [0.717, 1.165) is 10.5 Å². The first-order chi connectivity index (χ1) is 15.2. The maximum atomic E-state index is 12.4. The van der Waals surface area contributed by atoms with Gasteiger partial charge in [-0.2, -0.15) is 0 Å². The number of aromatic carboxylic acids is 1. The number of fused-ring (bicyclic) bond motifs is 1. The Labute approximate surface area is 194 Å². The number of hydrogen-bond acceptors (Lipinski definition) is 8. The van der Waals surface area contributed by atoms with E-state index in [9.17, 15) is 23.1 Å². The average Bonchev–Trinajstić information content (AvgIpc) is 2.74. The van der Waals surface area contributed by atoms with Gasteiger partial charge in [0, 0.05) is 12.5 Å². The van der Waals surface area contributed by atoms with Gasteiger partial charge in [-0.15, -0.1) is 0 Å². The molecular formula is C21H30N4O6SSi. The lowest BCUT2D eigenvalue weighted by atomic mass is 10.2. The number of hydrogen-bond donors (Lipinski definition) is 1. The van der Waals surface area contributed by atoms with Gasteiger partial charge < -0.3 is 9.53 Å². The van der Waals surface area contributed by atoms with Crippen molar-refractivity contribution in [2.24, 2.45) is 0 Å². The lowest BCUT2D eigenvalue weighted by molar-refractivity contribution is 0.0688. The van der Waals surface area contributed by atoms with Crippen LogP contribution in [-0.2, 0) is 10.0 Å². The molecule has 180 valence electrons. The van der Waals surface area contributed by atoms with Gasteiger partial charge in [0.05, 0.1) is 6.20 Å². The summed E-state index contributed by atoms with van der Waals surface area (Å²) in [5.74, 6) is -1.79. The number of carboxylic acid groups (broad SMARTS) is 1. The predicted molar refractivity (Wildman–Crippen MR) is 129 cm³/mol. The highest BCUT2D eigenvalue weighted by atomic mass is 32.2. The number of carbonyl (C=O) groups excluding carboxylic acids is 1. The van der Waals surface area contributed by atoms with Crippen molar-refractivity contribution in [3.8, 4) is 5.75 Å². The van der Waals surface area contributed by atoms with Crippen molar-refractivity contribution in [1.82, 2.24) is 15.0 Å². The van der Waals surface area contributed by atoms with Crippen LogP contribution in [0.5, 0.6) is 5.75 Å². The van der Waals surface area contributed by atoms with E-state index in [0.29, 0.717) is 11.7 Å². The van der Waals surface area contributed by atoms with Crippen LogP contribution in [0, 0.1) is 0 Å². The first-order valence-corrected chi connectivity index (χ1v) is 14.1. The molecule has 0 aliphatic rings. The third-order valence-corrected chi connectivity index (χ3v) is 13.2. The maximum absolute atomic E-state index is 12.4. The van der Waals surface area contributed by atoms with Gasteiger partial charge in [0.25, 0.3) is 18.3 Å². The van der Waals surface area contributed by atoms with Gasteiger partial charge in [0.1, 0.15) is 16.7 Å². The predicted octanol–water partition coefficient (Wildman–Crippen LogP) is 4.00. The molecule has 0 amide bonds. The quantitative estimate of drug-likeness (QED) is 0.383. The fraction of sp³-hybridized carbons (Fsp3) is 0.476. The number of carbonyl (C=O) groups is 2. The van der Waals surface area contributed by atoms with Crippen molar-refractivity contribution in [2.75, 3.05) is 11.4 Å². The van der Waals surface area contributed by atoms with Crippen LogP contribution in [0.1, 0.15) is 62.5 Å². The van der Waals surface area contributed by atoms with Crippen LogP contribution in [0.25, 0.3) is 11.0 Å². The van der Waals surface area contributed by atoms with Crippen LogP contribution in [-0.4, -0.2) is 56.1 Å². The Morgan fingerprint density at radius 2 is 1.67 bits per heavy atom. The number of nitrogens with zero attached hydrogens (tertiary/aromatic N) is 4. The SMILES string of the molecule is C=CS(=O)(=O)N(C)c1nc(C(=O)O)c(O[Si](C(C)C)(C(C)C)C(C)C)c2nc(C=O)cnc12. The number of pyridine rings is 1. The van der Waals surface area contributed by atoms with E-state index in [1.54, 1.807) is 0 Å². The molecule has 0 saturated heterocycles. The van der Waals surface area contributed by atoms with Crippen LogP contribution in [0.2, 0.25) is 16.6 Å². The van der Waals surface area contributed by atoms with Crippen molar-refractivity contribution >= 4 is 47.4 Å². The fourth-order valence-corrected chi connectivity index (χ4v) is 10.2. The van der Waals surface area contributed by atoms with E-state index < -0.39 is 30.0 Å². The zero-order valence-electron chi connectivity index (χ0n) is 19.9. The first-order valence-electron chi connectivity index (χ1n) is 10.4. The summed E-state index contributed by atoms with van der Waals surface area (Å²) in [6.45, 7) is 15.5. The third-order valence-electron chi connectivity index (χ3n) is 5.85. The number of aldehydes is 1. The standard InChI is InChI=1S/C21H30N4O6SSi/c1-9-32(29,30)25(8)20-17-16(23-15(11-26)10-22-17)19(18(24-20)21(27)28)31-33(12(2)3,13(4)5)14(6)7/h9-14H,1H2,2-8H3,(H,27,28). The number of aromatic nitrogens is 3. The fourth-order valence-electron chi connectivity index (χ4n) is 4.33. The highest BCUT2D eigenvalue weighted by molar-refractivity contribution is 7.95. The summed E-state index contributed by atoms with van der Waals surface area (Å²) < 4.78 is 32.2. The summed E-state index contributed by atoms with van der Waals surface area (Å²) in [5.41, 5.74) is -0.305. The van der Waals surface area contributed by atoms with Crippen molar-refractivity contribution in [1.29, 1.82) is 0 Å². The third kappa shape index (κ3) is 4.62. The summed E-state index contributed by atoms with van der Waals surface area (Å²) in [4.78, 5) is 36.3. The minimum Gasteiger partial charge on any atom is -0.540 e. The number of carboxylic acids is 1. The van der Waals surface area contributed by atoms with Crippen molar-refractivity contribution in [3.05, 3.63) is 29.6 Å². The molecule has 2 heterocycles. The molecule has 33 heavy (non-hydrogen) atoms. The molecule has 10 nitrogen and oxygen atoms in total. The highest BCUT2D eigenvalue weighted by Crippen LogP contribution is 2.45. The molecule has 0 bridgehead atoms. The van der Waals surface area contributed by atoms with Gasteiger partial charge in [-0.05, 0) is 16.6 Å². The molecule has 0 saturated carbocycles. The van der Waals surface area contributed by atoms with E-state index in [2.05, 4.69) is 21.5 Å². The lowest BCUT2D eigenvalue weighted by Gasteiger charge is -2.42. The van der Waals surface area contributed by atoms with Gasteiger partial charge >= 0.3 is 5.97 Å². The smallest absolute Gasteiger partial charge is 0.358 e. The molecule has 2 rings (SSSR count). The number of sulfonamides is 1. The molecule has 2 aromatic heterocycles. The summed E-state index contributed by atoms with van der Waals surface area (Å²) in [6, 6.07) is 0. The van der Waals surface area contributed by atoms with E-state index in [1.807, 2.05) is 41.5 Å². The molecule has 2 aromatic rings. The minimum absolute atomic E-state index is 0.00677. The minimum atomic E-state index is -4.02. The van der Waals surface area contributed by atoms with Crippen LogP contribution in [0.3, 0.4) is 0 Å². The molecule has 1 N–H and O–H groups in total. The molecular weight excluding hydrogens is 464 g/mol. The summed E-state index contributed by atoms with van der Waals surface area (Å²) in [7, 11) is -5.50. The van der Waals surface area contributed by atoms with E-state index in [4.69, 9.17) is 4.43 Å². The Bertz CT molecular complexity index is 1180. The second kappa shape index (κ2) is 9.55. The van der Waals surface area contributed by atoms with Crippen molar-refractivity contribution in [3.63, 3.8) is 0 Å². The second-order valence-electron chi connectivity index (χ2n) is 8.63. The monoisotopic (exact) mass is 494 g/mol. The maximum Gasteiger partial charge on any atom is 0.358 e. The molecule has 0 radical (unpaired) electrons. The van der Waals surface area contributed by atoms with Gasteiger partial charge in [-0.25, -0.2) is 28.2 Å². The van der Waals surface area contributed by atoms with Gasteiger partial charge in [-0.1, -0.05) is 48.1 Å². The van der Waals surface area contributed by atoms with E-state index in [-0.39, 0.29) is 44.9 Å². The van der Waals surface area contributed by atoms with E-state index in [1.165, 1.54) is 7.05 Å². The van der Waals surface area contributed by atoms with Crippen LogP contribution < -0.4 is 8.73 Å². The van der Waals surface area contributed by atoms with Gasteiger partial charge in [0.2, 0.25) is 0 Å². The number of rotatable bonds is 10. The van der Waals surface area contributed by atoms with Gasteiger partial charge in [0.15, 0.2) is 23.5 Å². The number of anilines is 1. The first kappa shape index (κ1) is 26.4. The summed E-state index contributed by atoms with van der Waals surface area (Å²) in [5, 5.41) is 10.7. The molecule has 0 fully saturated rings. The Balaban J connectivity index is 3.05. The normalized spacial score (nSPS) is 12.4. The molecule has 0 unspecified atom stereocenters. The zero-order chi connectivity index (χ0) is 25.3. The van der Waals surface area contributed by atoms with Crippen molar-refractivity contribution in [2.45, 2.75) is 58.2 Å². The summed E-state index contributed by atoms with van der Waals surface area (Å²) in [6.07, 6.45) is 1.64.